The Bertz CT molecular complexity index is 1620. The minimum Gasteiger partial charge on any atom is -0.462 e. The average molecular weight is 700 g/mol. The molecule has 0 aliphatic carbocycles. The summed E-state index contributed by atoms with van der Waals surface area (Å²) in [5, 5.41) is 3.57. The molecule has 0 spiro atoms. The van der Waals surface area contributed by atoms with E-state index in [4.69, 9.17) is 55.9 Å². The number of nitrogens with one attached hydrogen (secondary N) is 1. The zero-order chi connectivity index (χ0) is 32.5. The summed E-state index contributed by atoms with van der Waals surface area (Å²) in [6, 6.07) is 6.08. The molecule has 0 saturated heterocycles. The molecule has 0 fully saturated rings. The third-order valence-corrected chi connectivity index (χ3v) is 9.34. The van der Waals surface area contributed by atoms with Crippen LogP contribution in [0.4, 0.5) is 5.00 Å². The van der Waals surface area contributed by atoms with Gasteiger partial charge in [-0.3, -0.25) is 19.3 Å². The molecular formula is C30H26Cl4N2O7S. The highest BCUT2D eigenvalue weighted by Gasteiger charge is 2.47. The van der Waals surface area contributed by atoms with Gasteiger partial charge in [0.1, 0.15) is 16.6 Å². The first kappa shape index (κ1) is 33.7. The number of rotatable bonds is 10. The molecule has 9 nitrogen and oxygen atoms in total. The van der Waals surface area contributed by atoms with E-state index >= 15 is 0 Å². The van der Waals surface area contributed by atoms with Gasteiger partial charge in [0.05, 0.1) is 37.8 Å². The molecule has 1 aliphatic rings. The number of hydrogen-bond donors (Lipinski definition) is 1. The fourth-order valence-electron chi connectivity index (χ4n) is 4.60. The zero-order valence-electron chi connectivity index (χ0n) is 23.9. The smallest absolute Gasteiger partial charge is 0.341 e. The number of nitrogens with zero attached hydrogens (tertiary/aromatic N) is 1. The number of fused-ring (bicyclic) bond motifs is 1. The lowest BCUT2D eigenvalue weighted by Gasteiger charge is -2.25. The second-order valence-corrected chi connectivity index (χ2v) is 12.6. The highest BCUT2D eigenvalue weighted by molar-refractivity contribution is 7.15. The maximum atomic E-state index is 13.4. The number of esters is 2. The van der Waals surface area contributed by atoms with E-state index in [1.54, 1.807) is 26.2 Å². The number of benzene rings is 2. The number of aryl methyl sites for hydroxylation is 1. The normalized spacial score (nSPS) is 13.2. The molecule has 2 heterocycles. The van der Waals surface area contributed by atoms with Crippen LogP contribution in [0.3, 0.4) is 0 Å². The van der Waals surface area contributed by atoms with Gasteiger partial charge in [-0.2, -0.15) is 0 Å². The molecule has 0 radical (unpaired) electrons. The molecule has 44 heavy (non-hydrogen) atoms. The number of thiophene rings is 1. The van der Waals surface area contributed by atoms with Crippen molar-refractivity contribution in [1.29, 1.82) is 0 Å². The van der Waals surface area contributed by atoms with E-state index in [0.29, 0.717) is 10.5 Å². The van der Waals surface area contributed by atoms with Gasteiger partial charge in [0, 0.05) is 10.9 Å². The van der Waals surface area contributed by atoms with Gasteiger partial charge in [-0.1, -0.05) is 90.1 Å². The molecule has 1 N–H and O–H groups in total. The Labute approximate surface area is 277 Å². The van der Waals surface area contributed by atoms with Crippen LogP contribution in [0.5, 0.6) is 0 Å². The second-order valence-electron chi connectivity index (χ2n) is 10.2. The Kier molecular flexibility index (Phi) is 10.6. The number of halogens is 4. The number of hydrogen-bond acceptors (Lipinski definition) is 8. The number of imide groups is 1. The van der Waals surface area contributed by atoms with Crippen molar-refractivity contribution in [2.45, 2.75) is 40.2 Å². The highest BCUT2D eigenvalue weighted by Crippen LogP contribution is 2.45. The summed E-state index contributed by atoms with van der Waals surface area (Å²) in [6.07, 6.45) is 0.0143. The Morgan fingerprint density at radius 2 is 1.48 bits per heavy atom. The maximum absolute atomic E-state index is 13.4. The molecule has 1 atom stereocenters. The first-order valence-electron chi connectivity index (χ1n) is 13.3. The van der Waals surface area contributed by atoms with Gasteiger partial charge in [-0.25, -0.2) is 9.59 Å². The predicted octanol–water partition coefficient (Wildman–Crippen LogP) is 7.71. The lowest BCUT2D eigenvalue weighted by molar-refractivity contribution is -0.151. The standard InChI is InChI=1S/C30H26Cl4N2O7S/c1-5-42-30(41)19-16(15-8-6-14(4)7-9-15)12-44-26(19)35-18(37)11-43-29(40)17(10-13(2)3)36-27(38)20-21(28(36)39)23(32)25(34)24(33)22(20)31/h6-9,12-13,17H,5,10-11H2,1-4H3,(H,35,37)/t17-/m1/s1. The minimum absolute atomic E-state index is 0.0143. The minimum atomic E-state index is -1.41. The number of anilines is 1. The summed E-state index contributed by atoms with van der Waals surface area (Å²) in [7, 11) is 0. The molecule has 4 rings (SSSR count). The van der Waals surface area contributed by atoms with Crippen LogP contribution in [-0.4, -0.2) is 53.8 Å². The molecule has 2 aromatic carbocycles. The fourth-order valence-corrected chi connectivity index (χ4v) is 6.59. The van der Waals surface area contributed by atoms with Crippen LogP contribution >= 0.6 is 57.7 Å². The van der Waals surface area contributed by atoms with Gasteiger partial charge < -0.3 is 14.8 Å². The van der Waals surface area contributed by atoms with E-state index in [1.165, 1.54) is 0 Å². The third kappa shape index (κ3) is 6.60. The Morgan fingerprint density at radius 3 is 2.00 bits per heavy atom. The van der Waals surface area contributed by atoms with Crippen molar-refractivity contribution in [3.8, 4) is 11.1 Å². The summed E-state index contributed by atoms with van der Waals surface area (Å²) in [5.74, 6) is -4.37. The van der Waals surface area contributed by atoms with Gasteiger partial charge in [-0.05, 0) is 31.7 Å². The average Bonchev–Trinajstić information content (AvgIpc) is 3.50. The summed E-state index contributed by atoms with van der Waals surface area (Å²) in [5.41, 5.74) is 1.97. The van der Waals surface area contributed by atoms with E-state index in [2.05, 4.69) is 5.32 Å². The number of ether oxygens (including phenoxy) is 2. The molecule has 1 aliphatic heterocycles. The largest absolute Gasteiger partial charge is 0.462 e. The van der Waals surface area contributed by atoms with Crippen molar-refractivity contribution in [1.82, 2.24) is 4.90 Å². The van der Waals surface area contributed by atoms with Crippen molar-refractivity contribution < 1.29 is 33.4 Å². The monoisotopic (exact) mass is 698 g/mol. The van der Waals surface area contributed by atoms with E-state index in [-0.39, 0.29) is 60.7 Å². The van der Waals surface area contributed by atoms with Crippen molar-refractivity contribution in [2.24, 2.45) is 5.92 Å². The van der Waals surface area contributed by atoms with Crippen LogP contribution in [0.15, 0.2) is 29.6 Å². The third-order valence-electron chi connectivity index (χ3n) is 6.64. The van der Waals surface area contributed by atoms with Crippen LogP contribution in [0.25, 0.3) is 11.1 Å². The topological polar surface area (TPSA) is 119 Å². The lowest BCUT2D eigenvalue weighted by Crippen LogP contribution is -2.47. The first-order chi connectivity index (χ1) is 20.8. The SMILES string of the molecule is CCOC(=O)c1c(-c2ccc(C)cc2)csc1NC(=O)COC(=O)[C@@H](CC(C)C)N1C(=O)c2c(Cl)c(Cl)c(Cl)c(Cl)c2C1=O. The summed E-state index contributed by atoms with van der Waals surface area (Å²) in [6.45, 7) is 6.51. The van der Waals surface area contributed by atoms with Crippen molar-refractivity contribution >= 4 is 92.4 Å². The van der Waals surface area contributed by atoms with Crippen LogP contribution < -0.4 is 5.32 Å². The molecule has 14 heteroatoms. The second kappa shape index (κ2) is 13.9. The van der Waals surface area contributed by atoms with E-state index in [0.717, 1.165) is 22.5 Å². The maximum Gasteiger partial charge on any atom is 0.341 e. The zero-order valence-corrected chi connectivity index (χ0v) is 27.7. The van der Waals surface area contributed by atoms with E-state index in [9.17, 15) is 24.0 Å². The summed E-state index contributed by atoms with van der Waals surface area (Å²) < 4.78 is 10.5. The molecule has 3 aromatic rings. The van der Waals surface area contributed by atoms with Gasteiger partial charge >= 0.3 is 11.9 Å². The van der Waals surface area contributed by atoms with Crippen LogP contribution in [0, 0.1) is 12.8 Å². The van der Waals surface area contributed by atoms with Crippen molar-refractivity contribution in [3.05, 3.63) is 72.0 Å². The molecule has 1 aromatic heterocycles. The van der Waals surface area contributed by atoms with Gasteiger partial charge in [0.2, 0.25) is 0 Å². The predicted molar refractivity (Wildman–Crippen MR) is 170 cm³/mol. The van der Waals surface area contributed by atoms with E-state index < -0.39 is 42.3 Å². The van der Waals surface area contributed by atoms with Gasteiger partial charge in [0.25, 0.3) is 17.7 Å². The lowest BCUT2D eigenvalue weighted by atomic mass is 10.0. The van der Waals surface area contributed by atoms with Gasteiger partial charge in [-0.15, -0.1) is 11.3 Å². The molecule has 0 saturated carbocycles. The highest BCUT2D eigenvalue weighted by atomic mass is 35.5. The van der Waals surface area contributed by atoms with Gasteiger partial charge in [0.15, 0.2) is 6.61 Å². The van der Waals surface area contributed by atoms with Crippen LogP contribution in [0.1, 0.15) is 63.8 Å². The van der Waals surface area contributed by atoms with Crippen LogP contribution in [-0.2, 0) is 19.1 Å². The fraction of sp³-hybridized carbons (Fsp3) is 0.300. The molecule has 3 amide bonds. The first-order valence-corrected chi connectivity index (χ1v) is 15.7. The molecule has 0 bridgehead atoms. The van der Waals surface area contributed by atoms with E-state index in [1.807, 2.05) is 31.2 Å². The molecule has 0 unspecified atom stereocenters. The Morgan fingerprint density at radius 1 is 0.909 bits per heavy atom. The summed E-state index contributed by atoms with van der Waals surface area (Å²) >= 11 is 25.8. The Hall–Kier alpha value is -3.15. The van der Waals surface area contributed by atoms with Crippen molar-refractivity contribution in [2.75, 3.05) is 18.5 Å². The van der Waals surface area contributed by atoms with Crippen LogP contribution in [0.2, 0.25) is 20.1 Å². The Balaban J connectivity index is 1.54. The number of carbonyl (C=O) groups is 5. The molecular weight excluding hydrogens is 674 g/mol. The summed E-state index contributed by atoms with van der Waals surface area (Å²) in [4.78, 5) is 66.5. The number of carbonyl (C=O) groups excluding carboxylic acids is 5. The number of amides is 3. The molecule has 232 valence electrons. The van der Waals surface area contributed by atoms with Crippen molar-refractivity contribution in [3.63, 3.8) is 0 Å². The quantitative estimate of drug-likeness (QED) is 0.0997.